The van der Waals surface area contributed by atoms with Crippen molar-refractivity contribution < 1.29 is 24.1 Å². The highest BCUT2D eigenvalue weighted by molar-refractivity contribution is 5.73. The molecule has 108 valence electrons. The van der Waals surface area contributed by atoms with Crippen LogP contribution in [0.15, 0.2) is 12.1 Å². The maximum atomic E-state index is 11.3. The molecule has 0 radical (unpaired) electrons. The zero-order valence-corrected chi connectivity index (χ0v) is 11.3. The number of hydrogen-bond acceptors (Lipinski definition) is 5. The number of rotatable bonds is 3. The third-order valence-corrected chi connectivity index (χ3v) is 3.73. The van der Waals surface area contributed by atoms with Gasteiger partial charge >= 0.3 is 5.97 Å². The summed E-state index contributed by atoms with van der Waals surface area (Å²) < 4.78 is 16.0. The van der Waals surface area contributed by atoms with Gasteiger partial charge in [-0.1, -0.05) is 0 Å². The Morgan fingerprint density at radius 1 is 1.40 bits per heavy atom. The van der Waals surface area contributed by atoms with Crippen LogP contribution in [0, 0.1) is 6.92 Å². The first kappa shape index (κ1) is 13.2. The molecule has 6 heteroatoms. The lowest BCUT2D eigenvalue weighted by Gasteiger charge is -2.33. The molecule has 0 aromatic heterocycles. The van der Waals surface area contributed by atoms with E-state index in [0.29, 0.717) is 19.7 Å². The van der Waals surface area contributed by atoms with Crippen LogP contribution >= 0.6 is 0 Å². The molecule has 2 aliphatic heterocycles. The number of ether oxygens (including phenoxy) is 3. The molecule has 20 heavy (non-hydrogen) atoms. The van der Waals surface area contributed by atoms with Crippen LogP contribution in [0.3, 0.4) is 0 Å². The molecule has 1 fully saturated rings. The summed E-state index contributed by atoms with van der Waals surface area (Å²) in [6, 6.07) is 3.29. The summed E-state index contributed by atoms with van der Waals surface area (Å²) in [5.74, 6) is 0.636. The molecule has 2 heterocycles. The molecule has 0 aliphatic carbocycles. The van der Waals surface area contributed by atoms with Crippen molar-refractivity contribution in [2.24, 2.45) is 0 Å². The van der Waals surface area contributed by atoms with Crippen molar-refractivity contribution >= 4 is 5.97 Å². The molecule has 0 saturated carbocycles. The number of hydrogen-bond donors (Lipinski definition) is 1. The molecule has 3 rings (SSSR count). The Balaban J connectivity index is 1.81. The number of fused-ring (bicyclic) bond motifs is 1. The van der Waals surface area contributed by atoms with Crippen LogP contribution in [-0.4, -0.2) is 48.6 Å². The standard InChI is InChI=1S/C14H17NO5/c1-9-4-12-13(20-8-19-12)5-10(9)6-15-2-3-18-7-11(15)14(16)17/h4-5,11H,2-3,6-8H2,1H3,(H,16,17)/t11-/m1/s1. The number of morpholine rings is 1. The first-order valence-electron chi connectivity index (χ1n) is 6.59. The molecule has 1 aromatic rings. The molecular formula is C14H17NO5. The lowest BCUT2D eigenvalue weighted by molar-refractivity contribution is -0.150. The molecule has 1 N–H and O–H groups in total. The third kappa shape index (κ3) is 2.44. The highest BCUT2D eigenvalue weighted by atomic mass is 16.7. The molecular weight excluding hydrogens is 262 g/mol. The van der Waals surface area contributed by atoms with Crippen LogP contribution in [0.25, 0.3) is 0 Å². The van der Waals surface area contributed by atoms with Crippen LogP contribution in [0.5, 0.6) is 11.5 Å². The van der Waals surface area contributed by atoms with Gasteiger partial charge in [-0.3, -0.25) is 9.69 Å². The van der Waals surface area contributed by atoms with E-state index in [4.69, 9.17) is 14.2 Å². The second-order valence-electron chi connectivity index (χ2n) is 5.03. The van der Waals surface area contributed by atoms with Gasteiger partial charge in [-0.05, 0) is 30.2 Å². The lowest BCUT2D eigenvalue weighted by atomic mass is 10.1. The Hall–Kier alpha value is -1.79. The van der Waals surface area contributed by atoms with Gasteiger partial charge in [-0.15, -0.1) is 0 Å². The third-order valence-electron chi connectivity index (χ3n) is 3.73. The van der Waals surface area contributed by atoms with E-state index in [1.54, 1.807) is 0 Å². The van der Waals surface area contributed by atoms with E-state index in [-0.39, 0.29) is 13.4 Å². The first-order valence-corrected chi connectivity index (χ1v) is 6.59. The number of carboxylic acids is 1. The Kier molecular flexibility index (Phi) is 3.50. The smallest absolute Gasteiger partial charge is 0.323 e. The van der Waals surface area contributed by atoms with Crippen LogP contribution in [0.2, 0.25) is 0 Å². The van der Waals surface area contributed by atoms with E-state index in [2.05, 4.69) is 0 Å². The van der Waals surface area contributed by atoms with Crippen molar-refractivity contribution in [1.29, 1.82) is 0 Å². The number of aryl methyl sites for hydroxylation is 1. The summed E-state index contributed by atoms with van der Waals surface area (Å²) in [4.78, 5) is 13.2. The monoisotopic (exact) mass is 279 g/mol. The molecule has 0 unspecified atom stereocenters. The normalized spacial score (nSPS) is 21.9. The van der Waals surface area contributed by atoms with E-state index in [0.717, 1.165) is 22.6 Å². The second kappa shape index (κ2) is 5.30. The number of nitrogens with zero attached hydrogens (tertiary/aromatic N) is 1. The van der Waals surface area contributed by atoms with E-state index in [1.807, 2.05) is 24.0 Å². The fourth-order valence-electron chi connectivity index (χ4n) is 2.53. The van der Waals surface area contributed by atoms with Gasteiger partial charge < -0.3 is 19.3 Å². The predicted molar refractivity (Wildman–Crippen MR) is 70.0 cm³/mol. The summed E-state index contributed by atoms with van der Waals surface area (Å²) in [6.45, 7) is 4.22. The number of carboxylic acid groups (broad SMARTS) is 1. The predicted octanol–water partition coefficient (Wildman–Crippen LogP) is 1.01. The van der Waals surface area contributed by atoms with Gasteiger partial charge in [0.25, 0.3) is 0 Å². The fourth-order valence-corrected chi connectivity index (χ4v) is 2.53. The minimum absolute atomic E-state index is 0.235. The average molecular weight is 279 g/mol. The molecule has 1 saturated heterocycles. The second-order valence-corrected chi connectivity index (χ2v) is 5.03. The summed E-state index contributed by atoms with van der Waals surface area (Å²) in [6.07, 6.45) is 0. The summed E-state index contributed by atoms with van der Waals surface area (Å²) in [5.41, 5.74) is 2.13. The van der Waals surface area contributed by atoms with Crippen molar-refractivity contribution in [3.8, 4) is 11.5 Å². The number of carbonyl (C=O) groups is 1. The van der Waals surface area contributed by atoms with Crippen molar-refractivity contribution in [2.45, 2.75) is 19.5 Å². The van der Waals surface area contributed by atoms with Crippen molar-refractivity contribution in [1.82, 2.24) is 4.90 Å². The minimum atomic E-state index is -0.844. The van der Waals surface area contributed by atoms with Crippen molar-refractivity contribution in [2.75, 3.05) is 26.6 Å². The SMILES string of the molecule is Cc1cc2c(cc1CN1CCOC[C@@H]1C(=O)O)OCO2. The quantitative estimate of drug-likeness (QED) is 0.890. The average Bonchev–Trinajstić information content (AvgIpc) is 2.86. The Morgan fingerprint density at radius 2 is 2.15 bits per heavy atom. The van der Waals surface area contributed by atoms with E-state index in [1.165, 1.54) is 0 Å². The van der Waals surface area contributed by atoms with Gasteiger partial charge in [0.1, 0.15) is 6.04 Å². The van der Waals surface area contributed by atoms with Gasteiger partial charge in [0, 0.05) is 13.1 Å². The maximum absolute atomic E-state index is 11.3. The molecule has 0 bridgehead atoms. The summed E-state index contributed by atoms with van der Waals surface area (Å²) in [7, 11) is 0. The van der Waals surface area contributed by atoms with Crippen LogP contribution in [0.1, 0.15) is 11.1 Å². The van der Waals surface area contributed by atoms with Gasteiger partial charge in [0.15, 0.2) is 11.5 Å². The van der Waals surface area contributed by atoms with Gasteiger partial charge in [0.2, 0.25) is 6.79 Å². The van der Waals surface area contributed by atoms with Gasteiger partial charge in [-0.25, -0.2) is 0 Å². The van der Waals surface area contributed by atoms with E-state index >= 15 is 0 Å². The minimum Gasteiger partial charge on any atom is -0.480 e. The maximum Gasteiger partial charge on any atom is 0.323 e. The molecule has 0 spiro atoms. The highest BCUT2D eigenvalue weighted by Gasteiger charge is 2.29. The van der Waals surface area contributed by atoms with Crippen molar-refractivity contribution in [3.05, 3.63) is 23.3 Å². The Labute approximate surface area is 116 Å². The Morgan fingerprint density at radius 3 is 2.90 bits per heavy atom. The van der Waals surface area contributed by atoms with Gasteiger partial charge in [0.05, 0.1) is 13.2 Å². The zero-order chi connectivity index (χ0) is 14.1. The Bertz CT molecular complexity index is 531. The zero-order valence-electron chi connectivity index (χ0n) is 11.3. The van der Waals surface area contributed by atoms with Crippen LogP contribution in [-0.2, 0) is 16.1 Å². The topological polar surface area (TPSA) is 68.2 Å². The van der Waals surface area contributed by atoms with Crippen LogP contribution in [0.4, 0.5) is 0 Å². The highest BCUT2D eigenvalue weighted by Crippen LogP contribution is 2.35. The number of aliphatic carboxylic acids is 1. The fraction of sp³-hybridized carbons (Fsp3) is 0.500. The molecule has 6 nitrogen and oxygen atoms in total. The first-order chi connectivity index (χ1) is 9.65. The molecule has 0 amide bonds. The van der Waals surface area contributed by atoms with E-state index in [9.17, 15) is 9.90 Å². The molecule has 1 aromatic carbocycles. The molecule has 2 aliphatic rings. The summed E-state index contributed by atoms with van der Waals surface area (Å²) >= 11 is 0. The number of benzene rings is 1. The summed E-state index contributed by atoms with van der Waals surface area (Å²) in [5, 5.41) is 9.24. The lowest BCUT2D eigenvalue weighted by Crippen LogP contribution is -2.49. The molecule has 1 atom stereocenters. The van der Waals surface area contributed by atoms with Crippen LogP contribution < -0.4 is 9.47 Å². The van der Waals surface area contributed by atoms with Gasteiger partial charge in [-0.2, -0.15) is 0 Å². The van der Waals surface area contributed by atoms with Crippen molar-refractivity contribution in [3.63, 3.8) is 0 Å². The largest absolute Gasteiger partial charge is 0.480 e. The van der Waals surface area contributed by atoms with E-state index < -0.39 is 12.0 Å².